The topological polar surface area (TPSA) is 29.4 Å². The molecule has 0 aliphatic rings. The Morgan fingerprint density at radius 2 is 1.33 bits per heavy atom. The number of rotatable bonds is 6. The molecule has 0 atom stereocenters. The Hall–Kier alpha value is -3.00. The predicted molar refractivity (Wildman–Crippen MR) is 99.5 cm³/mol. The van der Waals surface area contributed by atoms with E-state index in [2.05, 4.69) is 17.1 Å². The van der Waals surface area contributed by atoms with Crippen molar-refractivity contribution in [2.75, 3.05) is 0 Å². The number of hydrogen-bond acceptors (Lipinski definition) is 2. The summed E-state index contributed by atoms with van der Waals surface area (Å²) in [6.45, 7) is 0.612. The summed E-state index contributed by atoms with van der Waals surface area (Å²) in [7, 11) is 0. The van der Waals surface area contributed by atoms with Gasteiger partial charge in [-0.05, 0) is 16.7 Å². The van der Waals surface area contributed by atoms with Crippen molar-refractivity contribution in [3.05, 3.63) is 96.1 Å². The first-order valence-electron chi connectivity index (χ1n) is 8.04. The van der Waals surface area contributed by atoms with Gasteiger partial charge >= 0.3 is 0 Å². The maximum Gasteiger partial charge on any atom is 0.168 e. The molecule has 24 heavy (non-hydrogen) atoms. The van der Waals surface area contributed by atoms with E-state index in [1.807, 2.05) is 72.8 Å². The molecule has 0 amide bonds. The van der Waals surface area contributed by atoms with Crippen molar-refractivity contribution in [3.8, 4) is 11.1 Å². The molecule has 0 radical (unpaired) electrons. The van der Waals surface area contributed by atoms with E-state index in [0.717, 1.165) is 22.3 Å². The van der Waals surface area contributed by atoms with Gasteiger partial charge in [0, 0.05) is 18.2 Å². The molecule has 0 unspecified atom stereocenters. The van der Waals surface area contributed by atoms with Gasteiger partial charge in [-0.25, -0.2) is 0 Å². The van der Waals surface area contributed by atoms with Gasteiger partial charge in [-0.2, -0.15) is 0 Å². The first kappa shape index (κ1) is 15.9. The number of Topliss-reactive ketones (excluding diaryl/α,β-unsaturated/α-hetero) is 1. The van der Waals surface area contributed by atoms with Gasteiger partial charge in [0.05, 0.1) is 6.54 Å². The van der Waals surface area contributed by atoms with E-state index >= 15 is 0 Å². The van der Waals surface area contributed by atoms with Crippen molar-refractivity contribution in [3.63, 3.8) is 0 Å². The summed E-state index contributed by atoms with van der Waals surface area (Å²) in [5.74, 6) is 0.0893. The molecule has 0 aliphatic heterocycles. The molecular formula is C22H19NO. The summed E-state index contributed by atoms with van der Waals surface area (Å²) < 4.78 is 0. The largest absolute Gasteiger partial charge is 0.294 e. The first-order valence-corrected chi connectivity index (χ1v) is 8.04. The Morgan fingerprint density at radius 3 is 2.00 bits per heavy atom. The zero-order valence-corrected chi connectivity index (χ0v) is 13.4. The summed E-state index contributed by atoms with van der Waals surface area (Å²) >= 11 is 0. The minimum Gasteiger partial charge on any atom is -0.294 e. The van der Waals surface area contributed by atoms with Crippen LogP contribution in [0, 0.1) is 0 Å². The van der Waals surface area contributed by atoms with Crippen molar-refractivity contribution < 1.29 is 4.79 Å². The SMILES string of the molecule is O=C(CC=NCc1ccccc1)c1ccc(-c2ccccc2)cc1. The molecule has 2 nitrogen and oxygen atoms in total. The Kier molecular flexibility index (Phi) is 5.31. The molecule has 0 aliphatic carbocycles. The highest BCUT2D eigenvalue weighted by molar-refractivity contribution is 6.03. The van der Waals surface area contributed by atoms with Crippen LogP contribution < -0.4 is 0 Å². The standard InChI is InChI=1S/C22H19NO/c24-22(15-16-23-17-18-7-3-1-4-8-18)21-13-11-20(12-14-21)19-9-5-2-6-10-19/h1-14,16H,15,17H2. The third kappa shape index (κ3) is 4.26. The molecule has 2 heteroatoms. The fraction of sp³-hybridized carbons (Fsp3) is 0.0909. The van der Waals surface area contributed by atoms with Crippen molar-refractivity contribution in [2.45, 2.75) is 13.0 Å². The van der Waals surface area contributed by atoms with Gasteiger partial charge < -0.3 is 0 Å². The van der Waals surface area contributed by atoms with E-state index in [-0.39, 0.29) is 5.78 Å². The zero-order chi connectivity index (χ0) is 16.6. The van der Waals surface area contributed by atoms with Gasteiger partial charge in [0.2, 0.25) is 0 Å². The van der Waals surface area contributed by atoms with Crippen LogP contribution in [0.2, 0.25) is 0 Å². The number of hydrogen-bond donors (Lipinski definition) is 0. The van der Waals surface area contributed by atoms with Crippen LogP contribution in [0.3, 0.4) is 0 Å². The van der Waals surface area contributed by atoms with Crippen LogP contribution in [0.25, 0.3) is 11.1 Å². The normalized spacial score (nSPS) is 10.8. The minimum absolute atomic E-state index is 0.0893. The maximum atomic E-state index is 12.2. The molecular weight excluding hydrogens is 294 g/mol. The van der Waals surface area contributed by atoms with Gasteiger partial charge in [-0.3, -0.25) is 9.79 Å². The number of nitrogens with zero attached hydrogens (tertiary/aromatic N) is 1. The minimum atomic E-state index is 0.0893. The molecule has 0 bridgehead atoms. The molecule has 3 aromatic carbocycles. The van der Waals surface area contributed by atoms with Gasteiger partial charge in [0.1, 0.15) is 0 Å². The second-order valence-corrected chi connectivity index (χ2v) is 5.58. The number of carbonyl (C=O) groups excluding carboxylic acids is 1. The molecule has 0 N–H and O–H groups in total. The Balaban J connectivity index is 1.57. The van der Waals surface area contributed by atoms with Gasteiger partial charge in [-0.1, -0.05) is 84.9 Å². The van der Waals surface area contributed by atoms with Crippen LogP contribution in [-0.2, 0) is 6.54 Å². The van der Waals surface area contributed by atoms with Crippen LogP contribution in [0.4, 0.5) is 0 Å². The number of benzene rings is 3. The number of aliphatic imine (C=N–C) groups is 1. The average molecular weight is 313 g/mol. The molecule has 0 heterocycles. The summed E-state index contributed by atoms with van der Waals surface area (Å²) in [4.78, 5) is 16.5. The zero-order valence-electron chi connectivity index (χ0n) is 13.4. The summed E-state index contributed by atoms with van der Waals surface area (Å²) in [5.41, 5.74) is 4.14. The fourth-order valence-electron chi connectivity index (χ4n) is 2.50. The van der Waals surface area contributed by atoms with E-state index in [1.165, 1.54) is 0 Å². The highest BCUT2D eigenvalue weighted by atomic mass is 16.1. The van der Waals surface area contributed by atoms with Crippen molar-refractivity contribution in [2.24, 2.45) is 4.99 Å². The van der Waals surface area contributed by atoms with Crippen molar-refractivity contribution >= 4 is 12.0 Å². The Labute approximate surface area is 142 Å². The first-order chi connectivity index (χ1) is 11.8. The van der Waals surface area contributed by atoms with Crippen LogP contribution in [0.5, 0.6) is 0 Å². The highest BCUT2D eigenvalue weighted by Gasteiger charge is 2.04. The lowest BCUT2D eigenvalue weighted by Crippen LogP contribution is -1.99. The van der Waals surface area contributed by atoms with Crippen molar-refractivity contribution in [1.29, 1.82) is 0 Å². The van der Waals surface area contributed by atoms with Crippen LogP contribution in [-0.4, -0.2) is 12.0 Å². The van der Waals surface area contributed by atoms with Crippen LogP contribution in [0.1, 0.15) is 22.3 Å². The van der Waals surface area contributed by atoms with E-state index in [0.29, 0.717) is 13.0 Å². The molecule has 3 aromatic rings. The average Bonchev–Trinajstić information content (AvgIpc) is 2.67. The Morgan fingerprint density at radius 1 is 0.750 bits per heavy atom. The molecule has 0 spiro atoms. The number of ketones is 1. The van der Waals surface area contributed by atoms with E-state index < -0.39 is 0 Å². The highest BCUT2D eigenvalue weighted by Crippen LogP contribution is 2.19. The summed E-state index contributed by atoms with van der Waals surface area (Å²) in [6, 6.07) is 27.9. The van der Waals surface area contributed by atoms with Crippen LogP contribution >= 0.6 is 0 Å². The van der Waals surface area contributed by atoms with E-state index in [1.54, 1.807) is 6.21 Å². The summed E-state index contributed by atoms with van der Waals surface area (Å²) in [6.07, 6.45) is 2.04. The molecule has 0 saturated heterocycles. The Bertz CT molecular complexity index is 806. The predicted octanol–water partition coefficient (Wildman–Crippen LogP) is 5.20. The second-order valence-electron chi connectivity index (χ2n) is 5.58. The third-order valence-corrected chi connectivity index (χ3v) is 3.84. The van der Waals surface area contributed by atoms with E-state index in [9.17, 15) is 4.79 Å². The van der Waals surface area contributed by atoms with Gasteiger partial charge in [-0.15, -0.1) is 0 Å². The second kappa shape index (κ2) is 8.02. The lowest BCUT2D eigenvalue weighted by molar-refractivity contribution is 0.100. The van der Waals surface area contributed by atoms with Crippen LogP contribution in [0.15, 0.2) is 89.9 Å². The summed E-state index contributed by atoms with van der Waals surface area (Å²) in [5, 5.41) is 0. The van der Waals surface area contributed by atoms with E-state index in [4.69, 9.17) is 0 Å². The quantitative estimate of drug-likeness (QED) is 0.454. The molecule has 0 saturated carbocycles. The molecule has 118 valence electrons. The molecule has 3 rings (SSSR count). The molecule has 0 fully saturated rings. The smallest absolute Gasteiger partial charge is 0.168 e. The lowest BCUT2D eigenvalue weighted by atomic mass is 10.0. The van der Waals surface area contributed by atoms with Gasteiger partial charge in [0.15, 0.2) is 5.78 Å². The monoisotopic (exact) mass is 313 g/mol. The maximum absolute atomic E-state index is 12.2. The third-order valence-electron chi connectivity index (χ3n) is 3.84. The molecule has 0 aromatic heterocycles. The number of carbonyl (C=O) groups is 1. The van der Waals surface area contributed by atoms with Crippen molar-refractivity contribution in [1.82, 2.24) is 0 Å². The lowest BCUT2D eigenvalue weighted by Gasteiger charge is -2.03. The van der Waals surface area contributed by atoms with Gasteiger partial charge in [0.25, 0.3) is 0 Å². The fourth-order valence-corrected chi connectivity index (χ4v) is 2.50.